The molecule has 1 heterocycles. The van der Waals surface area contributed by atoms with Gasteiger partial charge < -0.3 is 15.4 Å². The van der Waals surface area contributed by atoms with E-state index < -0.39 is 17.7 Å². The highest BCUT2D eigenvalue weighted by Gasteiger charge is 2.31. The number of morpholine rings is 1. The lowest BCUT2D eigenvalue weighted by molar-refractivity contribution is -0.140. The van der Waals surface area contributed by atoms with Crippen molar-refractivity contribution in [3.8, 4) is 0 Å². The molecule has 4 nitrogen and oxygen atoms in total. The van der Waals surface area contributed by atoms with Crippen LogP contribution >= 0.6 is 0 Å². The Bertz CT molecular complexity index is 582. The van der Waals surface area contributed by atoms with Gasteiger partial charge in [-0.05, 0) is 36.5 Å². The minimum absolute atomic E-state index is 0.0724. The molecule has 2 aliphatic rings. The Hall–Kier alpha value is -1.53. The SMILES string of the molecule is N[C@@H]1CCC[C@H]1CC(=O)N1CCOC(c2ccc(F)c(F)c2)C1. The summed E-state index contributed by atoms with van der Waals surface area (Å²) in [6, 6.07) is 3.85. The van der Waals surface area contributed by atoms with Gasteiger partial charge in [-0.25, -0.2) is 8.78 Å². The van der Waals surface area contributed by atoms with Crippen molar-refractivity contribution in [3.63, 3.8) is 0 Å². The number of amides is 1. The molecular weight excluding hydrogens is 302 g/mol. The number of nitrogens with two attached hydrogens (primary N) is 1. The highest BCUT2D eigenvalue weighted by Crippen LogP contribution is 2.29. The fourth-order valence-corrected chi connectivity index (χ4v) is 3.46. The van der Waals surface area contributed by atoms with Crippen LogP contribution in [0.25, 0.3) is 0 Å². The molecule has 0 aromatic heterocycles. The first-order valence-corrected chi connectivity index (χ1v) is 8.14. The number of carbonyl (C=O) groups excluding carboxylic acids is 1. The number of nitrogens with zero attached hydrogens (tertiary/aromatic N) is 1. The molecule has 0 bridgehead atoms. The van der Waals surface area contributed by atoms with Crippen LogP contribution in [0.5, 0.6) is 0 Å². The summed E-state index contributed by atoms with van der Waals surface area (Å²) in [6.45, 7) is 1.29. The molecule has 126 valence electrons. The lowest BCUT2D eigenvalue weighted by Gasteiger charge is -2.34. The van der Waals surface area contributed by atoms with Crippen molar-refractivity contribution in [3.05, 3.63) is 35.4 Å². The Kier molecular flexibility index (Phi) is 4.92. The van der Waals surface area contributed by atoms with Gasteiger partial charge in [0.1, 0.15) is 6.10 Å². The van der Waals surface area contributed by atoms with Crippen LogP contribution in [0, 0.1) is 17.6 Å². The van der Waals surface area contributed by atoms with Gasteiger partial charge in [0.2, 0.25) is 5.91 Å². The smallest absolute Gasteiger partial charge is 0.223 e. The second-order valence-electron chi connectivity index (χ2n) is 6.43. The zero-order valence-electron chi connectivity index (χ0n) is 13.0. The van der Waals surface area contributed by atoms with Gasteiger partial charge in [0, 0.05) is 19.0 Å². The van der Waals surface area contributed by atoms with Crippen LogP contribution in [0.4, 0.5) is 8.78 Å². The maximum atomic E-state index is 13.4. The molecule has 1 aromatic rings. The molecule has 1 amide bonds. The van der Waals surface area contributed by atoms with Gasteiger partial charge in [-0.15, -0.1) is 0 Å². The number of carbonyl (C=O) groups is 1. The van der Waals surface area contributed by atoms with E-state index in [4.69, 9.17) is 10.5 Å². The van der Waals surface area contributed by atoms with Gasteiger partial charge in [-0.1, -0.05) is 12.5 Å². The zero-order valence-corrected chi connectivity index (χ0v) is 13.0. The molecule has 1 aliphatic carbocycles. The predicted molar refractivity (Wildman–Crippen MR) is 81.6 cm³/mol. The third-order valence-electron chi connectivity index (χ3n) is 4.89. The lowest BCUT2D eigenvalue weighted by atomic mass is 9.99. The highest BCUT2D eigenvalue weighted by atomic mass is 19.2. The summed E-state index contributed by atoms with van der Waals surface area (Å²) in [5, 5.41) is 0. The summed E-state index contributed by atoms with van der Waals surface area (Å²) < 4.78 is 32.0. The Balaban J connectivity index is 1.63. The largest absolute Gasteiger partial charge is 0.370 e. The van der Waals surface area contributed by atoms with Crippen LogP contribution < -0.4 is 5.73 Å². The molecular formula is C17H22F2N2O2. The molecule has 1 saturated heterocycles. The molecule has 23 heavy (non-hydrogen) atoms. The van der Waals surface area contributed by atoms with Crippen LogP contribution in [0.3, 0.4) is 0 Å². The van der Waals surface area contributed by atoms with Crippen molar-refractivity contribution in [1.82, 2.24) is 4.90 Å². The lowest BCUT2D eigenvalue weighted by Crippen LogP contribution is -2.43. The van der Waals surface area contributed by atoms with Gasteiger partial charge in [-0.3, -0.25) is 4.79 Å². The zero-order chi connectivity index (χ0) is 16.4. The summed E-state index contributed by atoms with van der Waals surface area (Å²) in [5.74, 6) is -1.45. The summed E-state index contributed by atoms with van der Waals surface area (Å²) >= 11 is 0. The Morgan fingerprint density at radius 2 is 2.13 bits per heavy atom. The summed E-state index contributed by atoms with van der Waals surface area (Å²) in [5.41, 5.74) is 6.59. The van der Waals surface area contributed by atoms with Crippen molar-refractivity contribution >= 4 is 5.91 Å². The van der Waals surface area contributed by atoms with Crippen LogP contribution in [0.15, 0.2) is 18.2 Å². The van der Waals surface area contributed by atoms with E-state index in [-0.39, 0.29) is 17.9 Å². The van der Waals surface area contributed by atoms with E-state index in [1.54, 1.807) is 4.90 Å². The quantitative estimate of drug-likeness (QED) is 0.929. The predicted octanol–water partition coefficient (Wildman–Crippen LogP) is 2.38. The minimum Gasteiger partial charge on any atom is -0.370 e. The minimum atomic E-state index is -0.897. The van der Waals surface area contributed by atoms with E-state index in [2.05, 4.69) is 0 Å². The number of ether oxygens (including phenoxy) is 1. The van der Waals surface area contributed by atoms with Crippen molar-refractivity contribution in [1.29, 1.82) is 0 Å². The molecule has 6 heteroatoms. The fourth-order valence-electron chi connectivity index (χ4n) is 3.46. The standard InChI is InChI=1S/C17H22F2N2O2/c18-13-5-4-12(8-14(13)19)16-10-21(6-7-23-16)17(22)9-11-2-1-3-15(11)20/h4-5,8,11,15-16H,1-3,6-7,9-10,20H2/t11-,15+,16?/m0/s1. The molecule has 1 aliphatic heterocycles. The van der Waals surface area contributed by atoms with Gasteiger partial charge in [0.05, 0.1) is 13.2 Å². The Morgan fingerprint density at radius 3 is 2.83 bits per heavy atom. The molecule has 2 N–H and O–H groups in total. The van der Waals surface area contributed by atoms with Gasteiger partial charge >= 0.3 is 0 Å². The molecule has 0 spiro atoms. The number of hydrogen-bond donors (Lipinski definition) is 1. The van der Waals surface area contributed by atoms with Crippen LogP contribution in [-0.4, -0.2) is 36.5 Å². The molecule has 2 fully saturated rings. The van der Waals surface area contributed by atoms with E-state index in [9.17, 15) is 13.6 Å². The third kappa shape index (κ3) is 3.70. The second kappa shape index (κ2) is 6.93. The maximum Gasteiger partial charge on any atom is 0.223 e. The average Bonchev–Trinajstić information content (AvgIpc) is 2.95. The Morgan fingerprint density at radius 1 is 1.30 bits per heavy atom. The van der Waals surface area contributed by atoms with Gasteiger partial charge in [0.25, 0.3) is 0 Å². The summed E-state index contributed by atoms with van der Waals surface area (Å²) in [4.78, 5) is 14.2. The molecule has 1 unspecified atom stereocenters. The summed E-state index contributed by atoms with van der Waals surface area (Å²) in [7, 11) is 0. The number of benzene rings is 1. The topological polar surface area (TPSA) is 55.6 Å². The van der Waals surface area contributed by atoms with E-state index in [0.29, 0.717) is 31.7 Å². The molecule has 0 radical (unpaired) electrons. The molecule has 3 rings (SSSR count). The van der Waals surface area contributed by atoms with Gasteiger partial charge in [-0.2, -0.15) is 0 Å². The molecule has 3 atom stereocenters. The average molecular weight is 324 g/mol. The second-order valence-corrected chi connectivity index (χ2v) is 6.43. The van der Waals surface area contributed by atoms with E-state index in [0.717, 1.165) is 31.4 Å². The summed E-state index contributed by atoms with van der Waals surface area (Å²) in [6.07, 6.45) is 3.12. The number of hydrogen-bond acceptors (Lipinski definition) is 3. The van der Waals surface area contributed by atoms with Crippen LogP contribution in [0.2, 0.25) is 0 Å². The van der Waals surface area contributed by atoms with Crippen molar-refractivity contribution in [2.45, 2.75) is 37.8 Å². The number of halogens is 2. The first kappa shape index (κ1) is 16.3. The number of rotatable bonds is 3. The van der Waals surface area contributed by atoms with E-state index >= 15 is 0 Å². The Labute approximate surface area is 134 Å². The maximum absolute atomic E-state index is 13.4. The van der Waals surface area contributed by atoms with Gasteiger partial charge in [0.15, 0.2) is 11.6 Å². The highest BCUT2D eigenvalue weighted by molar-refractivity contribution is 5.76. The first-order chi connectivity index (χ1) is 11.0. The monoisotopic (exact) mass is 324 g/mol. The van der Waals surface area contributed by atoms with Crippen molar-refractivity contribution in [2.24, 2.45) is 11.7 Å². The molecule has 1 aromatic carbocycles. The normalized spacial score (nSPS) is 28.1. The van der Waals surface area contributed by atoms with Crippen molar-refractivity contribution in [2.75, 3.05) is 19.7 Å². The fraction of sp³-hybridized carbons (Fsp3) is 0.588. The van der Waals surface area contributed by atoms with E-state index in [1.807, 2.05) is 0 Å². The van der Waals surface area contributed by atoms with Crippen LogP contribution in [0.1, 0.15) is 37.4 Å². The first-order valence-electron chi connectivity index (χ1n) is 8.14. The van der Waals surface area contributed by atoms with Crippen LogP contribution in [-0.2, 0) is 9.53 Å². The third-order valence-corrected chi connectivity index (χ3v) is 4.89. The van der Waals surface area contributed by atoms with E-state index in [1.165, 1.54) is 6.07 Å². The van der Waals surface area contributed by atoms with Crippen molar-refractivity contribution < 1.29 is 18.3 Å². The molecule has 1 saturated carbocycles.